The molecule has 0 N–H and O–H groups in total. The predicted molar refractivity (Wildman–Crippen MR) is 239 cm³/mol. The molecule has 0 spiro atoms. The molecule has 0 atom stereocenters. The van der Waals surface area contributed by atoms with E-state index in [1.807, 2.05) is 18.2 Å². The predicted octanol–water partition coefficient (Wildman–Crippen LogP) is 9.37. The maximum atomic E-state index is 7.97. The molecule has 12 nitrogen and oxygen atoms in total. The van der Waals surface area contributed by atoms with E-state index in [2.05, 4.69) is 121 Å². The van der Waals surface area contributed by atoms with Crippen molar-refractivity contribution in [2.24, 2.45) is 41.4 Å². The van der Waals surface area contributed by atoms with E-state index in [0.29, 0.717) is 42.3 Å². The van der Waals surface area contributed by atoms with E-state index in [4.69, 9.17) is 49.4 Å². The van der Waals surface area contributed by atoms with Crippen LogP contribution in [-0.4, -0.2) is 70.4 Å². The molecular formula is C38H70O12Si8. The monoisotopic (exact) mass is 942 g/mol. The van der Waals surface area contributed by atoms with E-state index >= 15 is 0 Å². The zero-order chi connectivity index (χ0) is 42.2. The van der Waals surface area contributed by atoms with Gasteiger partial charge in [-0.3, -0.25) is 0 Å². The Morgan fingerprint density at radius 2 is 0.517 bits per heavy atom. The summed E-state index contributed by atoms with van der Waals surface area (Å²) in [4.78, 5) is 0. The fourth-order valence-corrected chi connectivity index (χ4v) is 60.2. The first-order chi connectivity index (χ1) is 27.0. The molecule has 0 unspecified atom stereocenters. The van der Waals surface area contributed by atoms with Gasteiger partial charge < -0.3 is 49.4 Å². The number of hydrogen-bond donors (Lipinski definition) is 0. The molecule has 0 aromatic rings. The lowest BCUT2D eigenvalue weighted by molar-refractivity contribution is -0.0308. The van der Waals surface area contributed by atoms with Gasteiger partial charge in [-0.2, -0.15) is 0 Å². The molecule has 0 radical (unpaired) electrons. The van der Waals surface area contributed by atoms with E-state index < -0.39 is 70.4 Å². The summed E-state index contributed by atoms with van der Waals surface area (Å²) in [7, 11) is -32.2. The van der Waals surface area contributed by atoms with Crippen LogP contribution in [0.5, 0.6) is 0 Å². The topological polar surface area (TPSA) is 111 Å². The lowest BCUT2D eigenvalue weighted by atomic mass is 10.2. The minimum absolute atomic E-state index is 0.0922. The van der Waals surface area contributed by atoms with Crippen LogP contribution < -0.4 is 5.19 Å². The van der Waals surface area contributed by atoms with Crippen LogP contribution in [0.15, 0.2) is 42.5 Å². The molecule has 0 aromatic heterocycles. The van der Waals surface area contributed by atoms with Crippen molar-refractivity contribution in [3.05, 3.63) is 42.5 Å². The molecule has 0 amide bonds. The van der Waals surface area contributed by atoms with Crippen LogP contribution in [0.3, 0.4) is 0 Å². The summed E-state index contributed by atoms with van der Waals surface area (Å²) in [5, 5.41) is 0.789. The number of hydrogen-bond acceptors (Lipinski definition) is 12. The van der Waals surface area contributed by atoms with Crippen molar-refractivity contribution >= 4 is 75.6 Å². The highest BCUT2D eigenvalue weighted by Gasteiger charge is 2.83. The second kappa shape index (κ2) is 16.5. The smallest absolute Gasteiger partial charge is 0.373 e. The van der Waals surface area contributed by atoms with Crippen molar-refractivity contribution in [1.29, 1.82) is 0 Å². The average molecular weight is 944 g/mol. The Labute approximate surface area is 357 Å². The Morgan fingerprint density at radius 3 is 0.724 bits per heavy atom. The number of rotatable bonds is 15. The summed E-state index contributed by atoms with van der Waals surface area (Å²) in [6, 6.07) is 17.9. The van der Waals surface area contributed by atoms with Gasteiger partial charge in [-0.1, -0.05) is 127 Å². The van der Waals surface area contributed by atoms with Crippen molar-refractivity contribution in [2.75, 3.05) is 0 Å². The molecule has 0 saturated carbocycles. The van der Waals surface area contributed by atoms with Crippen molar-refractivity contribution in [3.8, 4) is 11.1 Å². The zero-order valence-electron chi connectivity index (χ0n) is 37.4. The summed E-state index contributed by atoms with van der Waals surface area (Å²) >= 11 is 0. The quantitative estimate of drug-likeness (QED) is 0.159. The second-order valence-electron chi connectivity index (χ2n) is 20.3. The molecule has 6 heterocycles. The van der Waals surface area contributed by atoms with Gasteiger partial charge in [0.05, 0.1) is 0 Å². The van der Waals surface area contributed by atoms with E-state index in [1.165, 1.54) is 0 Å². The Morgan fingerprint density at radius 1 is 0.310 bits per heavy atom. The van der Waals surface area contributed by atoms with Crippen LogP contribution in [-0.2, 0) is 49.4 Å². The largest absolute Gasteiger partial charge is 0.515 e. The van der Waals surface area contributed by atoms with Gasteiger partial charge in [0, 0.05) is 47.5 Å². The van der Waals surface area contributed by atoms with E-state index in [-0.39, 0.29) is 41.4 Å². The van der Waals surface area contributed by atoms with Crippen LogP contribution in [0, 0.1) is 41.4 Å². The maximum Gasteiger partial charge on any atom is 0.515 e. The Kier molecular flexibility index (Phi) is 13.1. The molecule has 2 aliphatic carbocycles. The minimum Gasteiger partial charge on any atom is -0.373 e. The standard InChI is InChI=1S/C38H70O12Si8/c1-29(2)22-51-39-52(23-30(3)4)42-55(26-33(9)10)44-53(40-51,24-31(5)6)46-57(28-35(13)14)47-54(41-51,25-32(7)8)45-56(43-52,27-34(11)12)49-58(48-55,50-57)38-20-36-18-16-15-17-19-37(36)21-38/h15-21,29-35H,22-28H2,1-14H3. The summed E-state index contributed by atoms with van der Waals surface area (Å²) in [5.41, 5.74) is 2.06. The SMILES string of the molecule is CC(C)C[Si]12O[Si]3(CC(C)C)O[Si]4(CC(C)C)O[Si](CC(C)C)(O1)O[Si]1(CC(C)C)O[Si](CC(C)C)(O2)O[Si](CC(C)C)(O3)O[Si](c2cc3cccccc-3c2)(O4)O1. The molecule has 326 valence electrons. The second-order valence-corrected chi connectivity index (χ2v) is 44.2. The Balaban J connectivity index is 1.65. The summed E-state index contributed by atoms with van der Waals surface area (Å²) < 4.78 is 94.6. The third kappa shape index (κ3) is 9.56. The first-order valence-corrected chi connectivity index (χ1v) is 37.1. The van der Waals surface area contributed by atoms with Gasteiger partial charge in [-0.25, -0.2) is 0 Å². The molecule has 6 saturated heterocycles. The maximum absolute atomic E-state index is 7.97. The molecule has 8 aliphatic rings. The lowest BCUT2D eigenvalue weighted by Gasteiger charge is -2.64. The van der Waals surface area contributed by atoms with Gasteiger partial charge in [0.15, 0.2) is 0 Å². The molecule has 6 aliphatic heterocycles. The minimum atomic E-state index is -4.27. The first kappa shape index (κ1) is 46.0. The van der Waals surface area contributed by atoms with Gasteiger partial charge >= 0.3 is 70.4 Å². The van der Waals surface area contributed by atoms with E-state index in [1.54, 1.807) is 0 Å². The summed E-state index contributed by atoms with van der Waals surface area (Å²) in [6.45, 7) is 30.4. The average Bonchev–Trinajstić information content (AvgIpc) is 3.25. The fraction of sp³-hybridized carbons (Fsp3) is 0.737. The highest BCUT2D eigenvalue weighted by atomic mass is 28.6. The van der Waals surface area contributed by atoms with E-state index in [0.717, 1.165) is 16.3 Å². The van der Waals surface area contributed by atoms with Crippen molar-refractivity contribution in [3.63, 3.8) is 0 Å². The Bertz CT molecular complexity index is 1550. The van der Waals surface area contributed by atoms with Gasteiger partial charge in [0.2, 0.25) is 0 Å². The summed E-state index contributed by atoms with van der Waals surface area (Å²) in [6.07, 6.45) is 0. The number of fused-ring (bicyclic) bond motifs is 1. The van der Waals surface area contributed by atoms with Crippen molar-refractivity contribution < 1.29 is 49.4 Å². The van der Waals surface area contributed by atoms with Crippen LogP contribution in [0.2, 0.25) is 42.3 Å². The Hall–Kier alpha value is -0.0449. The molecule has 0 aromatic carbocycles. The summed E-state index contributed by atoms with van der Waals surface area (Å²) in [5.74, 6) is 0.737. The molecule has 20 heteroatoms. The molecule has 58 heavy (non-hydrogen) atoms. The lowest BCUT2D eigenvalue weighted by Crippen LogP contribution is -2.90. The molecule has 8 rings (SSSR count). The fourth-order valence-electron chi connectivity index (χ4n) is 9.19. The van der Waals surface area contributed by atoms with Gasteiger partial charge in [-0.15, -0.1) is 0 Å². The third-order valence-corrected chi connectivity index (χ3v) is 49.9. The highest BCUT2D eigenvalue weighted by molar-refractivity contribution is 7.05. The van der Waals surface area contributed by atoms with Crippen LogP contribution in [0.25, 0.3) is 11.1 Å². The van der Waals surface area contributed by atoms with Gasteiger partial charge in [0.1, 0.15) is 0 Å². The van der Waals surface area contributed by atoms with Crippen LogP contribution in [0.1, 0.15) is 96.9 Å². The highest BCUT2D eigenvalue weighted by Crippen LogP contribution is 2.55. The van der Waals surface area contributed by atoms with Crippen molar-refractivity contribution in [1.82, 2.24) is 0 Å². The molecular weight excluding hydrogens is 873 g/mol. The zero-order valence-corrected chi connectivity index (χ0v) is 45.4. The van der Waals surface area contributed by atoms with E-state index in [9.17, 15) is 0 Å². The first-order valence-electron chi connectivity index (χ1n) is 21.9. The van der Waals surface area contributed by atoms with Crippen LogP contribution >= 0.6 is 0 Å². The third-order valence-electron chi connectivity index (χ3n) is 10.4. The van der Waals surface area contributed by atoms with Crippen LogP contribution in [0.4, 0.5) is 0 Å². The molecule has 8 bridgehead atoms. The van der Waals surface area contributed by atoms with Gasteiger partial charge in [-0.05, 0) is 64.7 Å². The normalized spacial score (nSPS) is 38.8. The molecule has 6 fully saturated rings. The van der Waals surface area contributed by atoms with Gasteiger partial charge in [0.25, 0.3) is 0 Å². The van der Waals surface area contributed by atoms with Crippen molar-refractivity contribution in [2.45, 2.75) is 139 Å².